The molecule has 4 N–H and O–H groups in total. The molecule has 144 valence electrons. The number of nitrogens with one attached hydrogen (secondary N) is 1. The number of nitrogens with zero attached hydrogens (tertiary/aromatic N) is 2. The predicted octanol–water partition coefficient (Wildman–Crippen LogP) is 4.75. The molecule has 0 bridgehead atoms. The van der Waals surface area contributed by atoms with Crippen LogP contribution in [0.2, 0.25) is 0 Å². The fraction of sp³-hybridized carbons (Fsp3) is 0.261. The summed E-state index contributed by atoms with van der Waals surface area (Å²) < 4.78 is 0. The Labute approximate surface area is 165 Å². The van der Waals surface area contributed by atoms with Crippen LogP contribution in [0.4, 0.5) is 11.4 Å². The number of piperidine rings is 1. The highest BCUT2D eigenvalue weighted by molar-refractivity contribution is 6.19. The van der Waals surface area contributed by atoms with E-state index in [4.69, 9.17) is 10.7 Å². The number of likely N-dealkylation sites (tertiary alicyclic amines) is 1. The molecule has 0 spiro atoms. The van der Waals surface area contributed by atoms with Gasteiger partial charge in [0, 0.05) is 23.1 Å². The zero-order valence-electron chi connectivity index (χ0n) is 16.0. The van der Waals surface area contributed by atoms with Gasteiger partial charge in [0.25, 0.3) is 0 Å². The lowest BCUT2D eigenvalue weighted by Crippen LogP contribution is -2.28. The Morgan fingerprint density at radius 1 is 1.14 bits per heavy atom. The quantitative estimate of drug-likeness (QED) is 0.445. The maximum absolute atomic E-state index is 10.4. The highest BCUT2D eigenvalue weighted by Crippen LogP contribution is 2.31. The van der Waals surface area contributed by atoms with Crippen molar-refractivity contribution >= 4 is 28.0 Å². The zero-order chi connectivity index (χ0) is 19.5. The van der Waals surface area contributed by atoms with E-state index in [1.807, 2.05) is 24.3 Å². The molecule has 4 rings (SSSR count). The van der Waals surface area contributed by atoms with E-state index in [-0.39, 0.29) is 5.88 Å². The minimum Gasteiger partial charge on any atom is -0.494 e. The number of anilines is 1. The van der Waals surface area contributed by atoms with E-state index in [9.17, 15) is 5.11 Å². The van der Waals surface area contributed by atoms with E-state index >= 15 is 0 Å². The lowest BCUT2D eigenvalue weighted by Gasteiger charge is -2.26. The first-order chi connectivity index (χ1) is 13.6. The lowest BCUT2D eigenvalue weighted by atomic mass is 10.1. The first kappa shape index (κ1) is 18.3. The average molecular weight is 374 g/mol. The largest absolute Gasteiger partial charge is 0.494 e. The molecule has 1 fully saturated rings. The number of allylic oxidation sites excluding steroid dienone is 1. The van der Waals surface area contributed by atoms with Crippen LogP contribution in [0.1, 0.15) is 30.4 Å². The summed E-state index contributed by atoms with van der Waals surface area (Å²) in [6.07, 6.45) is 5.60. The molecule has 0 saturated carbocycles. The number of H-pyrrole nitrogens is 1. The average Bonchev–Trinajstić information content (AvgIpc) is 3.03. The number of aromatic nitrogens is 1. The summed E-state index contributed by atoms with van der Waals surface area (Å²) in [6, 6.07) is 13.8. The number of nitrogen functional groups attached to an aromatic ring is 1. The standard InChI is InChI=1S/C23H26N4O/c1-2-20(22-19-14-17(24)8-11-21(19)26-23(22)28)25-18-9-6-16(7-10-18)15-27-12-4-3-5-13-27/h2,6-11,14,26,28H,1,3-5,12-13,15,24H2. The number of fused-ring (bicyclic) bond motifs is 1. The summed E-state index contributed by atoms with van der Waals surface area (Å²) in [4.78, 5) is 10.2. The lowest BCUT2D eigenvalue weighted by molar-refractivity contribution is 0.221. The Balaban J connectivity index is 1.61. The molecule has 5 heteroatoms. The number of aliphatic imine (C=N–C) groups is 1. The number of rotatable bonds is 5. The van der Waals surface area contributed by atoms with Gasteiger partial charge in [-0.05, 0) is 67.9 Å². The fourth-order valence-electron chi connectivity index (χ4n) is 3.85. The third-order valence-corrected chi connectivity index (χ3v) is 5.29. The van der Waals surface area contributed by atoms with Crippen LogP contribution in [0.3, 0.4) is 0 Å². The van der Waals surface area contributed by atoms with Gasteiger partial charge >= 0.3 is 0 Å². The van der Waals surface area contributed by atoms with Crippen LogP contribution in [0.5, 0.6) is 5.88 Å². The van der Waals surface area contributed by atoms with E-state index in [0.29, 0.717) is 17.0 Å². The summed E-state index contributed by atoms with van der Waals surface area (Å²) in [5.74, 6) is 0.0703. The summed E-state index contributed by atoms with van der Waals surface area (Å²) >= 11 is 0. The molecule has 1 saturated heterocycles. The number of aromatic hydroxyl groups is 1. The molecule has 0 amide bonds. The van der Waals surface area contributed by atoms with Crippen LogP contribution in [-0.4, -0.2) is 33.8 Å². The van der Waals surface area contributed by atoms with E-state index in [2.05, 4.69) is 28.6 Å². The molecular weight excluding hydrogens is 348 g/mol. The summed E-state index contributed by atoms with van der Waals surface area (Å²) in [6.45, 7) is 7.24. The van der Waals surface area contributed by atoms with E-state index in [0.717, 1.165) is 23.1 Å². The van der Waals surface area contributed by atoms with Crippen LogP contribution in [-0.2, 0) is 6.54 Å². The van der Waals surface area contributed by atoms with Gasteiger partial charge in [0.05, 0.1) is 17.0 Å². The van der Waals surface area contributed by atoms with Gasteiger partial charge in [-0.1, -0.05) is 25.1 Å². The molecule has 0 unspecified atom stereocenters. The third kappa shape index (κ3) is 3.80. The highest BCUT2D eigenvalue weighted by Gasteiger charge is 2.15. The van der Waals surface area contributed by atoms with Crippen molar-refractivity contribution in [3.63, 3.8) is 0 Å². The maximum Gasteiger partial charge on any atom is 0.199 e. The molecule has 1 aliphatic heterocycles. The van der Waals surface area contributed by atoms with Crippen molar-refractivity contribution in [2.75, 3.05) is 18.8 Å². The third-order valence-electron chi connectivity index (χ3n) is 5.29. The van der Waals surface area contributed by atoms with E-state index in [1.165, 1.54) is 37.9 Å². The molecular formula is C23H26N4O. The van der Waals surface area contributed by atoms with Crippen LogP contribution in [0.25, 0.3) is 10.9 Å². The van der Waals surface area contributed by atoms with Crippen molar-refractivity contribution in [2.45, 2.75) is 25.8 Å². The first-order valence-corrected chi connectivity index (χ1v) is 9.77. The summed E-state index contributed by atoms with van der Waals surface area (Å²) in [5, 5.41) is 11.2. The van der Waals surface area contributed by atoms with Crippen LogP contribution < -0.4 is 5.73 Å². The van der Waals surface area contributed by atoms with Gasteiger partial charge in [-0.3, -0.25) is 4.90 Å². The predicted molar refractivity (Wildman–Crippen MR) is 116 cm³/mol. The first-order valence-electron chi connectivity index (χ1n) is 9.77. The van der Waals surface area contributed by atoms with Gasteiger partial charge in [-0.25, -0.2) is 4.99 Å². The number of hydrogen-bond donors (Lipinski definition) is 3. The molecule has 28 heavy (non-hydrogen) atoms. The number of hydrogen-bond acceptors (Lipinski definition) is 4. The smallest absolute Gasteiger partial charge is 0.199 e. The Hall–Kier alpha value is -3.05. The molecule has 0 aliphatic carbocycles. The second-order valence-corrected chi connectivity index (χ2v) is 7.36. The van der Waals surface area contributed by atoms with Gasteiger partial charge in [0.15, 0.2) is 5.88 Å². The minimum atomic E-state index is 0.0703. The molecule has 0 atom stereocenters. The van der Waals surface area contributed by atoms with Crippen LogP contribution >= 0.6 is 0 Å². The van der Waals surface area contributed by atoms with Crippen LogP contribution in [0, 0.1) is 0 Å². The number of aromatic amines is 1. The Bertz CT molecular complexity index is 1010. The topological polar surface area (TPSA) is 77.6 Å². The van der Waals surface area contributed by atoms with Gasteiger partial charge in [-0.15, -0.1) is 0 Å². The van der Waals surface area contributed by atoms with Crippen LogP contribution in [0.15, 0.2) is 60.1 Å². The van der Waals surface area contributed by atoms with E-state index in [1.54, 1.807) is 12.1 Å². The second kappa shape index (κ2) is 7.90. The minimum absolute atomic E-state index is 0.0703. The van der Waals surface area contributed by atoms with E-state index < -0.39 is 0 Å². The van der Waals surface area contributed by atoms with Gasteiger partial charge < -0.3 is 15.8 Å². The van der Waals surface area contributed by atoms with Crippen molar-refractivity contribution in [1.29, 1.82) is 0 Å². The Morgan fingerprint density at radius 2 is 1.89 bits per heavy atom. The normalized spacial score (nSPS) is 15.8. The van der Waals surface area contributed by atoms with Gasteiger partial charge in [0.1, 0.15) is 0 Å². The van der Waals surface area contributed by atoms with Gasteiger partial charge in [0.2, 0.25) is 0 Å². The summed E-state index contributed by atoms with van der Waals surface area (Å²) in [7, 11) is 0. The zero-order valence-corrected chi connectivity index (χ0v) is 16.0. The number of nitrogens with two attached hydrogens (primary N) is 1. The molecule has 5 nitrogen and oxygen atoms in total. The molecule has 3 aromatic rings. The maximum atomic E-state index is 10.4. The van der Waals surface area contributed by atoms with Crippen molar-refractivity contribution in [3.8, 4) is 5.88 Å². The molecule has 0 radical (unpaired) electrons. The monoisotopic (exact) mass is 374 g/mol. The van der Waals surface area contributed by atoms with Crippen molar-refractivity contribution in [2.24, 2.45) is 4.99 Å². The molecule has 1 aliphatic rings. The molecule has 1 aromatic heterocycles. The van der Waals surface area contributed by atoms with Crippen molar-refractivity contribution in [3.05, 3.63) is 66.2 Å². The molecule has 2 heterocycles. The van der Waals surface area contributed by atoms with Gasteiger partial charge in [-0.2, -0.15) is 0 Å². The number of benzene rings is 2. The van der Waals surface area contributed by atoms with Crippen molar-refractivity contribution < 1.29 is 5.11 Å². The summed E-state index contributed by atoms with van der Waals surface area (Å²) in [5.41, 5.74) is 10.7. The Kier molecular flexibility index (Phi) is 5.17. The SMILES string of the molecule is C=CC(=Nc1ccc(CN2CCCCC2)cc1)c1c(O)[nH]c2ccc(N)cc12. The molecule has 2 aromatic carbocycles. The van der Waals surface area contributed by atoms with Crippen molar-refractivity contribution in [1.82, 2.24) is 9.88 Å². The highest BCUT2D eigenvalue weighted by atomic mass is 16.3. The fourth-order valence-corrected chi connectivity index (χ4v) is 3.85. The Morgan fingerprint density at radius 3 is 2.61 bits per heavy atom. The second-order valence-electron chi connectivity index (χ2n) is 7.36.